The van der Waals surface area contributed by atoms with Crippen LogP contribution in [0.25, 0.3) is 0 Å². The molecule has 1 N–H and O–H groups in total. The number of fused-ring (bicyclic) bond motifs is 1. The molecule has 24 heavy (non-hydrogen) atoms. The van der Waals surface area contributed by atoms with Gasteiger partial charge in [0.15, 0.2) is 11.4 Å². The Bertz CT molecular complexity index is 860. The molecule has 1 unspecified atom stereocenters. The predicted molar refractivity (Wildman–Crippen MR) is 92.4 cm³/mol. The number of terminal acetylenes is 1. The van der Waals surface area contributed by atoms with E-state index in [1.807, 2.05) is 0 Å². The molecule has 1 aliphatic rings. The van der Waals surface area contributed by atoms with E-state index in [-0.39, 0.29) is 18.7 Å². The number of anilines is 1. The van der Waals surface area contributed by atoms with Crippen molar-refractivity contribution in [3.8, 4) is 12.3 Å². The Hall–Kier alpha value is -2.49. The summed E-state index contributed by atoms with van der Waals surface area (Å²) in [5, 5.41) is 11.0. The molecule has 120 valence electrons. The number of carbonyl (C=O) groups is 2. The average Bonchev–Trinajstić information content (AvgIpc) is 2.78. The van der Waals surface area contributed by atoms with E-state index in [0.29, 0.717) is 21.3 Å². The van der Waals surface area contributed by atoms with Gasteiger partial charge in [-0.2, -0.15) is 0 Å². The SMILES string of the molecule is C#CCN1C(=O)C(O)(CC(=O)c2ccncc2)c2cc(Br)ccc21. The lowest BCUT2D eigenvalue weighted by Crippen LogP contribution is -2.42. The quantitative estimate of drug-likeness (QED) is 0.648. The van der Waals surface area contributed by atoms with Crippen LogP contribution in [-0.4, -0.2) is 28.3 Å². The standard InChI is InChI=1S/C18H13BrN2O3/c1-2-9-21-15-4-3-13(19)10-14(15)18(24,17(21)23)11-16(22)12-5-7-20-8-6-12/h1,3-8,10,24H,9,11H2. The van der Waals surface area contributed by atoms with Crippen molar-refractivity contribution in [2.75, 3.05) is 11.4 Å². The molecule has 0 bridgehead atoms. The summed E-state index contributed by atoms with van der Waals surface area (Å²) >= 11 is 3.33. The number of nitrogens with zero attached hydrogens (tertiary/aromatic N) is 2. The van der Waals surface area contributed by atoms with Crippen LogP contribution in [0.3, 0.4) is 0 Å². The molecule has 2 heterocycles. The molecule has 0 radical (unpaired) electrons. The van der Waals surface area contributed by atoms with Crippen molar-refractivity contribution in [2.45, 2.75) is 12.0 Å². The maximum Gasteiger partial charge on any atom is 0.265 e. The van der Waals surface area contributed by atoms with Crippen molar-refractivity contribution in [2.24, 2.45) is 0 Å². The van der Waals surface area contributed by atoms with Crippen LogP contribution in [0.2, 0.25) is 0 Å². The largest absolute Gasteiger partial charge is 0.375 e. The number of benzene rings is 1. The second-order valence-corrected chi connectivity index (χ2v) is 6.37. The Labute approximate surface area is 147 Å². The molecule has 1 amide bonds. The number of hydrogen-bond donors (Lipinski definition) is 1. The molecule has 1 atom stereocenters. The van der Waals surface area contributed by atoms with Crippen LogP contribution >= 0.6 is 15.9 Å². The summed E-state index contributed by atoms with van der Waals surface area (Å²) in [6, 6.07) is 8.19. The minimum Gasteiger partial charge on any atom is -0.375 e. The fraction of sp³-hybridized carbons (Fsp3) is 0.167. The Morgan fingerprint density at radius 1 is 1.33 bits per heavy atom. The van der Waals surface area contributed by atoms with Crippen LogP contribution < -0.4 is 4.90 Å². The third-order valence-electron chi connectivity index (χ3n) is 3.96. The zero-order valence-electron chi connectivity index (χ0n) is 12.6. The Balaban J connectivity index is 2.03. The first kappa shape index (κ1) is 16.4. The van der Waals surface area contributed by atoms with Crippen molar-refractivity contribution in [1.82, 2.24) is 4.98 Å². The molecule has 0 fully saturated rings. The van der Waals surface area contributed by atoms with Gasteiger partial charge in [0, 0.05) is 28.0 Å². The first-order valence-electron chi connectivity index (χ1n) is 7.18. The lowest BCUT2D eigenvalue weighted by atomic mass is 9.88. The van der Waals surface area contributed by atoms with Crippen molar-refractivity contribution in [3.63, 3.8) is 0 Å². The van der Waals surface area contributed by atoms with E-state index >= 15 is 0 Å². The van der Waals surface area contributed by atoms with Crippen LogP contribution in [0.15, 0.2) is 47.2 Å². The van der Waals surface area contributed by atoms with E-state index in [1.54, 1.807) is 30.3 Å². The summed E-state index contributed by atoms with van der Waals surface area (Å²) in [7, 11) is 0. The lowest BCUT2D eigenvalue weighted by Gasteiger charge is -2.21. The van der Waals surface area contributed by atoms with Crippen molar-refractivity contribution in [3.05, 3.63) is 58.3 Å². The van der Waals surface area contributed by atoms with Crippen LogP contribution in [0.5, 0.6) is 0 Å². The second kappa shape index (κ2) is 6.19. The van der Waals surface area contributed by atoms with Gasteiger partial charge in [0.05, 0.1) is 18.7 Å². The highest BCUT2D eigenvalue weighted by molar-refractivity contribution is 9.10. The summed E-state index contributed by atoms with van der Waals surface area (Å²) in [6.07, 6.45) is 7.95. The highest BCUT2D eigenvalue weighted by Gasteiger charge is 2.50. The number of halogens is 1. The number of hydrogen-bond acceptors (Lipinski definition) is 4. The topological polar surface area (TPSA) is 70.5 Å². The molecular formula is C18H13BrN2O3. The zero-order chi connectivity index (χ0) is 17.3. The molecule has 0 saturated heterocycles. The molecular weight excluding hydrogens is 372 g/mol. The number of pyridine rings is 1. The number of ketones is 1. The zero-order valence-corrected chi connectivity index (χ0v) is 14.2. The monoisotopic (exact) mass is 384 g/mol. The van der Waals surface area contributed by atoms with Crippen LogP contribution in [-0.2, 0) is 10.4 Å². The predicted octanol–water partition coefficient (Wildman–Crippen LogP) is 2.28. The minimum atomic E-state index is -1.93. The van der Waals surface area contributed by atoms with Gasteiger partial charge >= 0.3 is 0 Å². The molecule has 0 aliphatic carbocycles. The number of Topliss-reactive ketones (excluding diaryl/α,β-unsaturated/α-hetero) is 1. The molecule has 1 aromatic carbocycles. The average molecular weight is 385 g/mol. The maximum absolute atomic E-state index is 12.8. The van der Waals surface area contributed by atoms with Gasteiger partial charge in [-0.05, 0) is 30.3 Å². The van der Waals surface area contributed by atoms with Gasteiger partial charge in [-0.1, -0.05) is 21.9 Å². The summed E-state index contributed by atoms with van der Waals surface area (Å²) < 4.78 is 0.700. The number of aromatic nitrogens is 1. The molecule has 1 aromatic heterocycles. The molecule has 5 nitrogen and oxygen atoms in total. The van der Waals surface area contributed by atoms with E-state index in [2.05, 4.69) is 26.8 Å². The molecule has 6 heteroatoms. The van der Waals surface area contributed by atoms with E-state index in [9.17, 15) is 14.7 Å². The summed E-state index contributed by atoms with van der Waals surface area (Å²) in [5.41, 5.74) is -0.653. The second-order valence-electron chi connectivity index (χ2n) is 5.45. The molecule has 3 rings (SSSR count). The number of carbonyl (C=O) groups excluding carboxylic acids is 2. The van der Waals surface area contributed by atoms with Crippen LogP contribution in [0, 0.1) is 12.3 Å². The molecule has 2 aromatic rings. The fourth-order valence-electron chi connectivity index (χ4n) is 2.81. The van der Waals surface area contributed by atoms with Gasteiger partial charge in [-0.3, -0.25) is 19.5 Å². The van der Waals surface area contributed by atoms with Crippen LogP contribution in [0.1, 0.15) is 22.3 Å². The highest BCUT2D eigenvalue weighted by atomic mass is 79.9. The minimum absolute atomic E-state index is 0.0270. The van der Waals surface area contributed by atoms with E-state index in [1.165, 1.54) is 17.3 Å². The van der Waals surface area contributed by atoms with E-state index in [4.69, 9.17) is 6.42 Å². The van der Waals surface area contributed by atoms with Gasteiger partial charge in [0.1, 0.15) is 0 Å². The first-order valence-corrected chi connectivity index (χ1v) is 7.98. The fourth-order valence-corrected chi connectivity index (χ4v) is 3.18. The lowest BCUT2D eigenvalue weighted by molar-refractivity contribution is -0.135. The van der Waals surface area contributed by atoms with Gasteiger partial charge in [0.2, 0.25) is 0 Å². The number of rotatable bonds is 4. The third kappa shape index (κ3) is 2.62. The summed E-state index contributed by atoms with van der Waals surface area (Å²) in [6.45, 7) is 0.0270. The van der Waals surface area contributed by atoms with E-state index < -0.39 is 11.5 Å². The molecule has 0 saturated carbocycles. The Kier molecular flexibility index (Phi) is 4.22. The summed E-state index contributed by atoms with van der Waals surface area (Å²) in [4.78, 5) is 30.4. The number of amides is 1. The van der Waals surface area contributed by atoms with Gasteiger partial charge in [-0.15, -0.1) is 6.42 Å². The van der Waals surface area contributed by atoms with Crippen molar-refractivity contribution < 1.29 is 14.7 Å². The number of aliphatic hydroxyl groups is 1. The Morgan fingerprint density at radius 2 is 2.04 bits per heavy atom. The van der Waals surface area contributed by atoms with Crippen molar-refractivity contribution in [1.29, 1.82) is 0 Å². The highest BCUT2D eigenvalue weighted by Crippen LogP contribution is 2.43. The van der Waals surface area contributed by atoms with Gasteiger partial charge in [0.25, 0.3) is 5.91 Å². The van der Waals surface area contributed by atoms with Crippen LogP contribution in [0.4, 0.5) is 5.69 Å². The van der Waals surface area contributed by atoms with E-state index in [0.717, 1.165) is 0 Å². The third-order valence-corrected chi connectivity index (χ3v) is 4.46. The summed E-state index contributed by atoms with van der Waals surface area (Å²) in [5.74, 6) is 1.47. The van der Waals surface area contributed by atoms with Gasteiger partial charge in [-0.25, -0.2) is 0 Å². The normalized spacial score (nSPS) is 19.0. The maximum atomic E-state index is 12.8. The molecule has 0 spiro atoms. The smallest absolute Gasteiger partial charge is 0.265 e. The Morgan fingerprint density at radius 3 is 2.71 bits per heavy atom. The van der Waals surface area contributed by atoms with Crippen molar-refractivity contribution >= 4 is 33.3 Å². The first-order chi connectivity index (χ1) is 11.5. The van der Waals surface area contributed by atoms with Gasteiger partial charge < -0.3 is 5.11 Å². The molecule has 1 aliphatic heterocycles.